The van der Waals surface area contributed by atoms with E-state index in [1.807, 2.05) is 6.92 Å². The average molecular weight is 291 g/mol. The summed E-state index contributed by atoms with van der Waals surface area (Å²) in [6, 6.07) is 3.36. The summed E-state index contributed by atoms with van der Waals surface area (Å²) in [5, 5.41) is 5.80. The molecule has 1 aromatic rings. The number of carbonyl (C=O) groups is 1. The molecule has 1 saturated heterocycles. The molecule has 1 aromatic carbocycles. The Bertz CT molecular complexity index is 462. The Labute approximate surface area is 117 Å². The van der Waals surface area contributed by atoms with Crippen LogP contribution in [0.3, 0.4) is 0 Å². The standard InChI is InChI=1S/C13H16F2N2O.ClH/c1-13(5-2-6-16-8-13)12(18)17-9-3-4-10(14)11(15)7-9;/h3-4,7,16H,2,5-6,8H2,1H3,(H,17,18);1H. The lowest BCUT2D eigenvalue weighted by Gasteiger charge is -2.32. The molecule has 106 valence electrons. The number of hydrogen-bond donors (Lipinski definition) is 2. The minimum Gasteiger partial charge on any atom is -0.325 e. The van der Waals surface area contributed by atoms with Crippen molar-refractivity contribution in [2.75, 3.05) is 18.4 Å². The largest absolute Gasteiger partial charge is 0.325 e. The highest BCUT2D eigenvalue weighted by atomic mass is 35.5. The molecule has 0 bridgehead atoms. The third-order valence-electron chi connectivity index (χ3n) is 3.32. The third-order valence-corrected chi connectivity index (χ3v) is 3.32. The molecular formula is C13H17ClF2N2O. The second-order valence-electron chi connectivity index (χ2n) is 4.92. The number of carbonyl (C=O) groups excluding carboxylic acids is 1. The van der Waals surface area contributed by atoms with Gasteiger partial charge in [-0.3, -0.25) is 4.79 Å². The van der Waals surface area contributed by atoms with E-state index < -0.39 is 17.0 Å². The van der Waals surface area contributed by atoms with Gasteiger partial charge in [0.1, 0.15) is 0 Å². The van der Waals surface area contributed by atoms with Crippen molar-refractivity contribution >= 4 is 24.0 Å². The number of piperidine rings is 1. The minimum atomic E-state index is -0.959. The van der Waals surface area contributed by atoms with Crippen molar-refractivity contribution in [3.8, 4) is 0 Å². The highest BCUT2D eigenvalue weighted by molar-refractivity contribution is 5.95. The van der Waals surface area contributed by atoms with Crippen LogP contribution in [0, 0.1) is 17.0 Å². The summed E-state index contributed by atoms with van der Waals surface area (Å²) in [6.45, 7) is 3.38. The lowest BCUT2D eigenvalue weighted by molar-refractivity contribution is -0.125. The Hall–Kier alpha value is -1.20. The SMILES string of the molecule is CC1(C(=O)Nc2ccc(F)c(F)c2)CCCNC1.Cl. The lowest BCUT2D eigenvalue weighted by atomic mass is 9.82. The molecule has 1 heterocycles. The van der Waals surface area contributed by atoms with E-state index in [1.54, 1.807) is 0 Å². The van der Waals surface area contributed by atoms with Crippen LogP contribution in [0.2, 0.25) is 0 Å². The molecule has 1 aliphatic rings. The van der Waals surface area contributed by atoms with Crippen molar-refractivity contribution in [2.24, 2.45) is 5.41 Å². The molecule has 0 radical (unpaired) electrons. The fourth-order valence-electron chi connectivity index (χ4n) is 2.11. The summed E-state index contributed by atoms with van der Waals surface area (Å²) in [5.74, 6) is -2.04. The molecule has 3 nitrogen and oxygen atoms in total. The molecule has 2 rings (SSSR count). The molecule has 1 amide bonds. The number of benzene rings is 1. The van der Waals surface area contributed by atoms with E-state index in [2.05, 4.69) is 10.6 Å². The molecular weight excluding hydrogens is 274 g/mol. The van der Waals surface area contributed by atoms with Gasteiger partial charge in [0.25, 0.3) is 0 Å². The average Bonchev–Trinajstić information content (AvgIpc) is 2.35. The fourth-order valence-corrected chi connectivity index (χ4v) is 2.11. The van der Waals surface area contributed by atoms with Crippen LogP contribution in [0.5, 0.6) is 0 Å². The van der Waals surface area contributed by atoms with Crippen LogP contribution >= 0.6 is 12.4 Å². The van der Waals surface area contributed by atoms with Crippen LogP contribution < -0.4 is 10.6 Å². The zero-order chi connectivity index (χ0) is 13.2. The third kappa shape index (κ3) is 3.64. The van der Waals surface area contributed by atoms with E-state index in [-0.39, 0.29) is 24.0 Å². The van der Waals surface area contributed by atoms with Gasteiger partial charge in [-0.2, -0.15) is 0 Å². The van der Waals surface area contributed by atoms with Gasteiger partial charge in [0.2, 0.25) is 5.91 Å². The Kier molecular flexibility index (Phi) is 5.26. The molecule has 0 aromatic heterocycles. The Morgan fingerprint density at radius 1 is 1.37 bits per heavy atom. The quantitative estimate of drug-likeness (QED) is 0.879. The normalized spacial score (nSPS) is 22.5. The zero-order valence-electron chi connectivity index (χ0n) is 10.6. The van der Waals surface area contributed by atoms with Crippen molar-refractivity contribution in [1.82, 2.24) is 5.32 Å². The Morgan fingerprint density at radius 3 is 2.68 bits per heavy atom. The second-order valence-corrected chi connectivity index (χ2v) is 4.92. The molecule has 1 fully saturated rings. The van der Waals surface area contributed by atoms with Gasteiger partial charge in [-0.05, 0) is 38.4 Å². The van der Waals surface area contributed by atoms with E-state index >= 15 is 0 Å². The van der Waals surface area contributed by atoms with Gasteiger partial charge < -0.3 is 10.6 Å². The minimum absolute atomic E-state index is 0. The lowest BCUT2D eigenvalue weighted by Crippen LogP contribution is -2.46. The van der Waals surface area contributed by atoms with E-state index in [0.29, 0.717) is 6.54 Å². The van der Waals surface area contributed by atoms with E-state index in [1.165, 1.54) is 6.07 Å². The first-order valence-electron chi connectivity index (χ1n) is 5.98. The topological polar surface area (TPSA) is 41.1 Å². The predicted octanol–water partition coefficient (Wildman–Crippen LogP) is 2.71. The fraction of sp³-hybridized carbons (Fsp3) is 0.462. The number of rotatable bonds is 2. The number of hydrogen-bond acceptors (Lipinski definition) is 2. The number of amides is 1. The van der Waals surface area contributed by atoms with Crippen molar-refractivity contribution in [3.63, 3.8) is 0 Å². The summed E-state index contributed by atoms with van der Waals surface area (Å²) in [6.07, 6.45) is 1.72. The highest BCUT2D eigenvalue weighted by Gasteiger charge is 2.34. The van der Waals surface area contributed by atoms with Gasteiger partial charge in [0, 0.05) is 18.3 Å². The molecule has 2 N–H and O–H groups in total. The maximum Gasteiger partial charge on any atom is 0.231 e. The molecule has 1 atom stereocenters. The number of halogens is 3. The maximum absolute atomic E-state index is 13.0. The summed E-state index contributed by atoms with van der Waals surface area (Å²) < 4.78 is 25.8. The van der Waals surface area contributed by atoms with Gasteiger partial charge >= 0.3 is 0 Å². The predicted molar refractivity (Wildman–Crippen MR) is 72.4 cm³/mol. The van der Waals surface area contributed by atoms with Crippen LogP contribution in [0.25, 0.3) is 0 Å². The molecule has 1 unspecified atom stereocenters. The Morgan fingerprint density at radius 2 is 2.11 bits per heavy atom. The van der Waals surface area contributed by atoms with Crippen LogP contribution in [0.15, 0.2) is 18.2 Å². The zero-order valence-corrected chi connectivity index (χ0v) is 11.4. The van der Waals surface area contributed by atoms with Gasteiger partial charge in [-0.15, -0.1) is 12.4 Å². The monoisotopic (exact) mass is 290 g/mol. The van der Waals surface area contributed by atoms with Crippen LogP contribution in [-0.2, 0) is 4.79 Å². The van der Waals surface area contributed by atoms with Crippen molar-refractivity contribution in [2.45, 2.75) is 19.8 Å². The van der Waals surface area contributed by atoms with Gasteiger partial charge in [0.15, 0.2) is 11.6 Å². The van der Waals surface area contributed by atoms with Crippen molar-refractivity contribution in [1.29, 1.82) is 0 Å². The van der Waals surface area contributed by atoms with E-state index in [0.717, 1.165) is 31.5 Å². The molecule has 1 aliphatic heterocycles. The molecule has 0 saturated carbocycles. The van der Waals surface area contributed by atoms with Crippen LogP contribution in [0.1, 0.15) is 19.8 Å². The van der Waals surface area contributed by atoms with Gasteiger partial charge in [0.05, 0.1) is 5.41 Å². The molecule has 6 heteroatoms. The summed E-state index contributed by atoms with van der Waals surface area (Å²) in [4.78, 5) is 12.1. The van der Waals surface area contributed by atoms with Crippen LogP contribution in [0.4, 0.5) is 14.5 Å². The van der Waals surface area contributed by atoms with Crippen molar-refractivity contribution in [3.05, 3.63) is 29.8 Å². The first kappa shape index (κ1) is 15.9. The first-order valence-corrected chi connectivity index (χ1v) is 5.98. The molecule has 0 spiro atoms. The van der Waals surface area contributed by atoms with Crippen molar-refractivity contribution < 1.29 is 13.6 Å². The summed E-state index contributed by atoms with van der Waals surface area (Å²) >= 11 is 0. The van der Waals surface area contributed by atoms with Gasteiger partial charge in [-0.25, -0.2) is 8.78 Å². The first-order chi connectivity index (χ1) is 8.51. The van der Waals surface area contributed by atoms with Crippen LogP contribution in [-0.4, -0.2) is 19.0 Å². The number of nitrogens with one attached hydrogen (secondary N) is 2. The molecule has 19 heavy (non-hydrogen) atoms. The summed E-state index contributed by atoms with van der Waals surface area (Å²) in [5.41, 5.74) is -0.214. The highest BCUT2D eigenvalue weighted by Crippen LogP contribution is 2.27. The summed E-state index contributed by atoms with van der Waals surface area (Å²) in [7, 11) is 0. The van der Waals surface area contributed by atoms with E-state index in [4.69, 9.17) is 0 Å². The Balaban J connectivity index is 0.00000180. The smallest absolute Gasteiger partial charge is 0.231 e. The van der Waals surface area contributed by atoms with Gasteiger partial charge in [-0.1, -0.05) is 0 Å². The van der Waals surface area contributed by atoms with E-state index in [9.17, 15) is 13.6 Å². The molecule has 0 aliphatic carbocycles. The maximum atomic E-state index is 13.0. The number of anilines is 1. The second kappa shape index (κ2) is 6.30.